The van der Waals surface area contributed by atoms with Gasteiger partial charge in [0.05, 0.1) is 39.6 Å². The van der Waals surface area contributed by atoms with Crippen molar-refractivity contribution in [3.8, 4) is 0 Å². The minimum atomic E-state index is -2.36. The number of methoxy groups -OCH3 is 1. The van der Waals surface area contributed by atoms with E-state index in [1.54, 1.807) is 6.20 Å². The molecule has 0 aliphatic carbocycles. The summed E-state index contributed by atoms with van der Waals surface area (Å²) in [5.74, 6) is -2.61. The maximum absolute atomic E-state index is 12.9. The molecule has 0 aliphatic heterocycles. The summed E-state index contributed by atoms with van der Waals surface area (Å²) in [7, 11) is 0.972. The molecule has 366 valence electrons. The van der Waals surface area contributed by atoms with Crippen molar-refractivity contribution in [2.75, 3.05) is 72.4 Å². The second-order valence-corrected chi connectivity index (χ2v) is 25.9. The van der Waals surface area contributed by atoms with Crippen LogP contribution in [-0.2, 0) is 61.6 Å². The van der Waals surface area contributed by atoms with Gasteiger partial charge in [0.25, 0.3) is 11.8 Å². The molecule has 0 saturated heterocycles. The maximum atomic E-state index is 12.9. The van der Waals surface area contributed by atoms with Crippen molar-refractivity contribution >= 4 is 79.6 Å². The van der Waals surface area contributed by atoms with Gasteiger partial charge in [0, 0.05) is 65.6 Å². The second-order valence-electron chi connectivity index (χ2n) is 14.9. The predicted octanol–water partition coefficient (Wildman–Crippen LogP) is 0.638. The highest BCUT2D eigenvalue weighted by Crippen LogP contribution is 2.29. The number of nitrogens with zero attached hydrogens (tertiary/aromatic N) is 1. The fourth-order valence-corrected chi connectivity index (χ4v) is 9.95. The van der Waals surface area contributed by atoms with Crippen molar-refractivity contribution < 1.29 is 68.0 Å². The largest absolute Gasteiger partial charge is 0.415 e. The van der Waals surface area contributed by atoms with E-state index >= 15 is 0 Å². The van der Waals surface area contributed by atoms with Crippen molar-refractivity contribution in [3.63, 3.8) is 0 Å². The monoisotopic (exact) mass is 986 g/mol. The summed E-state index contributed by atoms with van der Waals surface area (Å²) in [6, 6.07) is 4.20. The van der Waals surface area contributed by atoms with Gasteiger partial charge >= 0.3 is 0 Å². The van der Waals surface area contributed by atoms with E-state index in [9.17, 15) is 33.6 Å². The second kappa shape index (κ2) is 35.5. The van der Waals surface area contributed by atoms with Crippen LogP contribution in [0.2, 0.25) is 38.3 Å². The average Bonchev–Trinajstić information content (AvgIpc) is 3.28. The van der Waals surface area contributed by atoms with Crippen LogP contribution in [0.15, 0.2) is 29.4 Å². The first-order valence-corrected chi connectivity index (χ1v) is 28.9. The summed E-state index contributed by atoms with van der Waals surface area (Å²) in [6.45, 7) is 7.79. The number of nitrogens with two attached hydrogens (primary N) is 1. The first-order chi connectivity index (χ1) is 31.5. The minimum Gasteiger partial charge on any atom is -0.415 e. The molecule has 0 aromatic carbocycles. The smallest absolute Gasteiger partial charge is 0.268 e. The van der Waals surface area contributed by atoms with Crippen LogP contribution in [0.25, 0.3) is 0 Å². The van der Waals surface area contributed by atoms with Crippen molar-refractivity contribution in [1.82, 2.24) is 37.2 Å². The van der Waals surface area contributed by atoms with Gasteiger partial charge in [0.1, 0.15) is 23.9 Å². The van der Waals surface area contributed by atoms with Gasteiger partial charge in [-0.3, -0.25) is 43.2 Å². The Morgan fingerprint density at radius 3 is 1.89 bits per heavy atom. The van der Waals surface area contributed by atoms with E-state index in [1.807, 2.05) is 44.4 Å². The molecular formula is C38H70N8O14S2Si2. The van der Waals surface area contributed by atoms with Crippen LogP contribution in [0.5, 0.6) is 0 Å². The highest BCUT2D eigenvalue weighted by atomic mass is 33.1. The minimum absolute atomic E-state index is 0.000236. The summed E-state index contributed by atoms with van der Waals surface area (Å²) < 4.78 is 35.3. The van der Waals surface area contributed by atoms with E-state index in [2.05, 4.69) is 42.3 Å². The summed E-state index contributed by atoms with van der Waals surface area (Å²) in [5, 5.41) is 15.7. The molecule has 1 aromatic rings. The SMILES string of the molecule is [3H]C.[3H]OCC(NC(=O)CC[Si](C)(C)OCCO[Si](C)(C)CCC(=O)NC(COCOC)C(=O)NOCCNC(=O)CCSSc1ccccn1)C(=O)NOCCNC(=O)CCCC(N)=O. The lowest BCUT2D eigenvalue weighted by molar-refractivity contribution is -0.141. The van der Waals surface area contributed by atoms with Crippen LogP contribution in [0, 0.1) is 0 Å². The van der Waals surface area contributed by atoms with E-state index in [4.69, 9.17) is 36.5 Å². The van der Waals surface area contributed by atoms with Gasteiger partial charge in [0.15, 0.2) is 16.6 Å². The Morgan fingerprint density at radius 2 is 1.36 bits per heavy atom. The molecule has 0 saturated carbocycles. The normalized spacial score (nSPS) is 12.5. The van der Waals surface area contributed by atoms with E-state index in [0.29, 0.717) is 30.7 Å². The maximum Gasteiger partial charge on any atom is 0.268 e. The third-order valence-electron chi connectivity index (χ3n) is 8.35. The number of amides is 7. The van der Waals surface area contributed by atoms with Crippen LogP contribution >= 0.6 is 21.6 Å². The zero-order valence-electron chi connectivity index (χ0n) is 39.7. The summed E-state index contributed by atoms with van der Waals surface area (Å²) in [4.78, 5) is 100. The third kappa shape index (κ3) is 32.0. The summed E-state index contributed by atoms with van der Waals surface area (Å²) in [5.41, 5.74) is 9.50. The van der Waals surface area contributed by atoms with Crippen LogP contribution in [0.3, 0.4) is 0 Å². The number of aromatic nitrogens is 1. The number of pyridine rings is 1. The third-order valence-corrected chi connectivity index (χ3v) is 15.5. The van der Waals surface area contributed by atoms with Gasteiger partial charge in [-0.05, 0) is 67.6 Å². The first-order valence-electron chi connectivity index (χ1n) is 21.7. The Morgan fingerprint density at radius 1 is 0.797 bits per heavy atom. The van der Waals surface area contributed by atoms with Crippen LogP contribution in [0.1, 0.15) is 47.3 Å². The van der Waals surface area contributed by atoms with Crippen molar-refractivity contribution in [3.05, 3.63) is 24.4 Å². The number of nitrogens with one attached hydrogen (secondary N) is 6. The van der Waals surface area contributed by atoms with E-state index in [1.165, 1.54) is 36.1 Å². The first kappa shape index (κ1) is 56.4. The molecule has 0 spiro atoms. The van der Waals surface area contributed by atoms with Gasteiger partial charge in [-0.25, -0.2) is 15.9 Å². The molecule has 22 nitrogen and oxygen atoms in total. The van der Waals surface area contributed by atoms with Gasteiger partial charge in [-0.2, -0.15) is 0 Å². The molecule has 0 bridgehead atoms. The zero-order chi connectivity index (χ0) is 49.6. The molecule has 26 heteroatoms. The number of rotatable bonds is 38. The van der Waals surface area contributed by atoms with Gasteiger partial charge in [-0.15, -0.1) is 0 Å². The molecule has 0 aliphatic rings. The quantitative estimate of drug-likeness (QED) is 0.0148. The fourth-order valence-electron chi connectivity index (χ4n) is 4.86. The molecule has 1 aromatic heterocycles. The summed E-state index contributed by atoms with van der Waals surface area (Å²) >= 11 is 0. The number of carbonyl (C=O) groups excluding carboxylic acids is 7. The fraction of sp³-hybridized carbons (Fsp3) is 0.684. The Hall–Kier alpha value is -3.71. The Kier molecular flexibility index (Phi) is 31.3. The molecular weight excluding hydrogens is 913 g/mol. The number of hydrogen-bond acceptors (Lipinski definition) is 17. The number of hydrogen-bond donors (Lipinski definition) is 8. The molecule has 1 heterocycles. The van der Waals surface area contributed by atoms with E-state index in [0.717, 1.165) is 5.03 Å². The topological polar surface area (TPSA) is 306 Å². The number of primary amides is 1. The molecule has 0 fully saturated rings. The van der Waals surface area contributed by atoms with Crippen molar-refractivity contribution in [2.45, 2.75) is 101 Å². The zero-order valence-corrected chi connectivity index (χ0v) is 41.4. The average molecular weight is 987 g/mol. The van der Waals surface area contributed by atoms with Crippen LogP contribution in [-0.4, -0.2) is 154 Å². The number of ether oxygens (including phenoxy) is 2. The lowest BCUT2D eigenvalue weighted by atomic mass is 10.2. The number of carbonyl (C=O) groups is 7. The molecule has 2 unspecified atom stereocenters. The van der Waals surface area contributed by atoms with Crippen LogP contribution in [0.4, 0.5) is 0 Å². The molecule has 64 heavy (non-hydrogen) atoms. The number of aliphatic hydroxyl groups is 1. The number of hydroxylamine groups is 2. The Labute approximate surface area is 388 Å². The van der Waals surface area contributed by atoms with Gasteiger partial charge in [-0.1, -0.05) is 24.3 Å². The van der Waals surface area contributed by atoms with Crippen LogP contribution < -0.4 is 38.0 Å². The van der Waals surface area contributed by atoms with E-state index in [-0.39, 0.29) is 90.4 Å². The molecule has 7 amide bonds. The van der Waals surface area contributed by atoms with Gasteiger partial charge in [0.2, 0.25) is 31.0 Å². The highest BCUT2D eigenvalue weighted by Gasteiger charge is 2.29. The van der Waals surface area contributed by atoms with Crippen molar-refractivity contribution in [1.29, 1.82) is 1.43 Å². The van der Waals surface area contributed by atoms with Crippen molar-refractivity contribution in [2.24, 2.45) is 5.73 Å². The summed E-state index contributed by atoms with van der Waals surface area (Å²) in [6.07, 6.45) is 2.67. The number of aliphatic hydroxyl groups excluding tert-OH is 1. The lowest BCUT2D eigenvalue weighted by Gasteiger charge is -2.26. The van der Waals surface area contributed by atoms with Gasteiger partial charge < -0.3 is 50.4 Å². The molecule has 9 N–H and O–H groups in total. The standard InChI is InChI=1S/C37H66N8O14S2Si2.CH4/c1-54-27-55-26-29(37(53)45-57-19-17-40-32(49)12-22-60-61-35-11-6-7-15-41-35)43-34(51)14-24-63(4,5)59-21-20-58-62(2,3)23-13-33(50)42-28(25-46)36(52)44-56-18-16-39-31(48)10-8-9-30(38)47;/h6-7,11,15,28-29,46H,8-10,12-14,16-27H2,1-5H3,(H2,38,47)(H,39,48)(H,40,49)(H,42,50)(H,43,51)(H,44,52)(H,45,53);1H4/i46T;1T. The molecule has 0 radical (unpaired) electrons. The molecule has 2 atom stereocenters. The molecule has 1 rings (SSSR count). The Bertz CT molecular complexity index is 1570. The Balaban J connectivity index is 0.0000208. The van der Waals surface area contributed by atoms with E-state index < -0.39 is 64.9 Å². The predicted molar refractivity (Wildman–Crippen MR) is 246 cm³/mol. The lowest BCUT2D eigenvalue weighted by Crippen LogP contribution is -2.50. The highest BCUT2D eigenvalue weighted by molar-refractivity contribution is 8.76.